The number of hydrogen-bond donors (Lipinski definition) is 2. The zero-order valence-corrected chi connectivity index (χ0v) is 23.0. The monoisotopic (exact) mass is 533 g/mol. The van der Waals surface area contributed by atoms with Crippen molar-refractivity contribution in [1.82, 2.24) is 24.4 Å². The number of hydrogen-bond acceptors (Lipinski definition) is 7. The molecule has 3 heterocycles. The molecule has 36 heavy (non-hydrogen) atoms. The minimum atomic E-state index is -0.529. The first-order chi connectivity index (χ1) is 16.8. The van der Waals surface area contributed by atoms with Crippen molar-refractivity contribution < 1.29 is 9.53 Å². The number of halogens is 2. The molecule has 1 aliphatic rings. The Kier molecular flexibility index (Phi) is 7.26. The van der Waals surface area contributed by atoms with E-state index in [9.17, 15) is 4.79 Å². The molecule has 1 amide bonds. The van der Waals surface area contributed by atoms with Crippen molar-refractivity contribution in [2.75, 3.05) is 23.7 Å². The van der Waals surface area contributed by atoms with Gasteiger partial charge in [0.15, 0.2) is 5.65 Å². The normalized spacial score (nSPS) is 15.3. The van der Waals surface area contributed by atoms with E-state index in [1.165, 1.54) is 0 Å². The fourth-order valence-corrected chi connectivity index (χ4v) is 4.35. The van der Waals surface area contributed by atoms with Gasteiger partial charge < -0.3 is 20.3 Å². The summed E-state index contributed by atoms with van der Waals surface area (Å²) in [6.45, 7) is 12.9. The Labute approximate surface area is 221 Å². The number of benzene rings is 1. The van der Waals surface area contributed by atoms with Crippen LogP contribution >= 0.6 is 23.2 Å². The summed E-state index contributed by atoms with van der Waals surface area (Å²) >= 11 is 12.3. The van der Waals surface area contributed by atoms with Gasteiger partial charge in [-0.2, -0.15) is 4.98 Å². The van der Waals surface area contributed by atoms with Gasteiger partial charge in [-0.3, -0.25) is 4.57 Å². The van der Waals surface area contributed by atoms with Crippen LogP contribution < -0.4 is 10.6 Å². The number of likely N-dealkylation sites (tertiary alicyclic amines) is 1. The Bertz CT molecular complexity index is 1260. The third kappa shape index (κ3) is 6.31. The van der Waals surface area contributed by atoms with E-state index in [-0.39, 0.29) is 17.7 Å². The van der Waals surface area contributed by atoms with E-state index in [1.807, 2.05) is 26.8 Å². The molecule has 9 nitrogen and oxygen atoms in total. The van der Waals surface area contributed by atoms with Crippen molar-refractivity contribution in [2.45, 2.75) is 71.6 Å². The largest absolute Gasteiger partial charge is 0.444 e. The van der Waals surface area contributed by atoms with Gasteiger partial charge in [0.2, 0.25) is 11.9 Å². The Morgan fingerprint density at radius 1 is 1.06 bits per heavy atom. The molecule has 11 heteroatoms. The standard InChI is InChI=1S/C25H33Cl2N7O2/c1-24(2,3)32-21-28-14-19-20(31-21)34(22(30-19)29-15-7-8-17(26)18(27)13-15)16-9-11-33(12-10-16)23(35)36-25(4,5)6/h7-8,13-14,16H,9-12H2,1-6H3,(H,29,30)(H,28,31,32). The molecule has 1 aromatic carbocycles. The molecule has 0 unspecified atom stereocenters. The highest BCUT2D eigenvalue weighted by atomic mass is 35.5. The highest BCUT2D eigenvalue weighted by Gasteiger charge is 2.30. The predicted molar refractivity (Wildman–Crippen MR) is 145 cm³/mol. The molecule has 0 spiro atoms. The summed E-state index contributed by atoms with van der Waals surface area (Å²) in [5.74, 6) is 1.16. The van der Waals surface area contributed by atoms with Crippen molar-refractivity contribution in [2.24, 2.45) is 0 Å². The molecule has 1 fully saturated rings. The summed E-state index contributed by atoms with van der Waals surface area (Å²) in [4.78, 5) is 28.4. The van der Waals surface area contributed by atoms with Crippen LogP contribution in [0.1, 0.15) is 60.4 Å². The number of imidazole rings is 1. The van der Waals surface area contributed by atoms with Crippen molar-refractivity contribution in [1.29, 1.82) is 0 Å². The second-order valence-electron chi connectivity index (χ2n) is 11.0. The smallest absolute Gasteiger partial charge is 0.410 e. The van der Waals surface area contributed by atoms with Crippen molar-refractivity contribution >= 4 is 58.0 Å². The van der Waals surface area contributed by atoms with Gasteiger partial charge in [0, 0.05) is 30.4 Å². The molecular weight excluding hydrogens is 501 g/mol. The molecule has 0 atom stereocenters. The average molecular weight is 534 g/mol. The fraction of sp³-hybridized carbons (Fsp3) is 0.520. The second-order valence-corrected chi connectivity index (χ2v) is 11.8. The summed E-state index contributed by atoms with van der Waals surface area (Å²) in [5, 5.41) is 7.64. The van der Waals surface area contributed by atoms with Crippen molar-refractivity contribution in [3.63, 3.8) is 0 Å². The van der Waals surface area contributed by atoms with Crippen molar-refractivity contribution in [3.8, 4) is 0 Å². The summed E-state index contributed by atoms with van der Waals surface area (Å²) < 4.78 is 7.66. The van der Waals surface area contributed by atoms with E-state index in [2.05, 4.69) is 41.0 Å². The molecule has 194 valence electrons. The lowest BCUT2D eigenvalue weighted by atomic mass is 10.1. The molecule has 0 aliphatic carbocycles. The number of piperidine rings is 1. The molecule has 2 N–H and O–H groups in total. The maximum atomic E-state index is 12.6. The maximum absolute atomic E-state index is 12.6. The lowest BCUT2D eigenvalue weighted by molar-refractivity contribution is 0.0190. The molecule has 0 radical (unpaired) electrons. The third-order valence-electron chi connectivity index (χ3n) is 5.58. The first kappa shape index (κ1) is 26.3. The minimum absolute atomic E-state index is 0.0661. The zero-order chi connectivity index (χ0) is 26.3. The van der Waals surface area contributed by atoms with Crippen LogP contribution in [0.5, 0.6) is 0 Å². The molecule has 1 aliphatic heterocycles. The molecule has 2 aromatic heterocycles. The second kappa shape index (κ2) is 9.94. The molecule has 0 bridgehead atoms. The third-order valence-corrected chi connectivity index (χ3v) is 6.32. The van der Waals surface area contributed by atoms with Crippen molar-refractivity contribution in [3.05, 3.63) is 34.4 Å². The van der Waals surface area contributed by atoms with Crippen LogP contribution in [0, 0.1) is 0 Å². The highest BCUT2D eigenvalue weighted by Crippen LogP contribution is 2.34. The van der Waals surface area contributed by atoms with Gasteiger partial charge in [0.05, 0.1) is 16.2 Å². The Morgan fingerprint density at radius 2 is 1.75 bits per heavy atom. The fourth-order valence-electron chi connectivity index (χ4n) is 4.06. The maximum Gasteiger partial charge on any atom is 0.410 e. The quantitative estimate of drug-likeness (QED) is 0.386. The average Bonchev–Trinajstić information content (AvgIpc) is 3.11. The van der Waals surface area contributed by atoms with Gasteiger partial charge in [-0.15, -0.1) is 0 Å². The van der Waals surface area contributed by atoms with Crippen LogP contribution in [-0.2, 0) is 4.74 Å². The van der Waals surface area contributed by atoms with Gasteiger partial charge >= 0.3 is 6.09 Å². The van der Waals surface area contributed by atoms with Crippen LogP contribution in [-0.4, -0.2) is 54.7 Å². The number of fused-ring (bicyclic) bond motifs is 1. The number of nitrogens with one attached hydrogen (secondary N) is 2. The Balaban J connectivity index is 1.66. The summed E-state index contributed by atoms with van der Waals surface area (Å²) in [6.07, 6.45) is 2.90. The topological polar surface area (TPSA) is 97.2 Å². The first-order valence-corrected chi connectivity index (χ1v) is 12.8. The molecule has 4 rings (SSSR count). The number of nitrogens with zero attached hydrogens (tertiary/aromatic N) is 5. The van der Waals surface area contributed by atoms with E-state index in [0.717, 1.165) is 24.2 Å². The Hall–Kier alpha value is -2.78. The SMILES string of the molecule is CC(C)(C)Nc1ncc2nc(Nc3ccc(Cl)c(Cl)c3)n(C3CCN(C(=O)OC(C)(C)C)CC3)c2n1. The van der Waals surface area contributed by atoms with E-state index >= 15 is 0 Å². The van der Waals surface area contributed by atoms with Crippen LogP contribution in [0.3, 0.4) is 0 Å². The van der Waals surface area contributed by atoms with Gasteiger partial charge in [-0.25, -0.2) is 14.8 Å². The summed E-state index contributed by atoms with van der Waals surface area (Å²) in [5.41, 5.74) is 1.42. The van der Waals surface area contributed by atoms with Gasteiger partial charge in [0.1, 0.15) is 11.1 Å². The van der Waals surface area contributed by atoms with Gasteiger partial charge in [-0.05, 0) is 72.6 Å². The number of ether oxygens (including phenoxy) is 1. The number of carbonyl (C=O) groups is 1. The van der Waals surface area contributed by atoms with E-state index < -0.39 is 5.60 Å². The van der Waals surface area contributed by atoms with Crippen LogP contribution in [0.15, 0.2) is 24.4 Å². The van der Waals surface area contributed by atoms with Gasteiger partial charge in [-0.1, -0.05) is 23.2 Å². The number of amides is 1. The first-order valence-electron chi connectivity index (χ1n) is 12.0. The number of carbonyl (C=O) groups excluding carboxylic acids is 1. The number of anilines is 3. The summed E-state index contributed by atoms with van der Waals surface area (Å²) in [6, 6.07) is 5.42. The Morgan fingerprint density at radius 3 is 2.36 bits per heavy atom. The molecular formula is C25H33Cl2N7O2. The zero-order valence-electron chi connectivity index (χ0n) is 21.5. The van der Waals surface area contributed by atoms with E-state index in [0.29, 0.717) is 40.5 Å². The predicted octanol–water partition coefficient (Wildman–Crippen LogP) is 6.66. The van der Waals surface area contributed by atoms with Crippen LogP contribution in [0.4, 0.5) is 22.4 Å². The minimum Gasteiger partial charge on any atom is -0.444 e. The van der Waals surface area contributed by atoms with Crippen LogP contribution in [0.2, 0.25) is 10.0 Å². The number of rotatable bonds is 4. The van der Waals surface area contributed by atoms with Gasteiger partial charge in [0.25, 0.3) is 0 Å². The lowest BCUT2D eigenvalue weighted by Gasteiger charge is -2.34. The van der Waals surface area contributed by atoms with E-state index in [1.54, 1.807) is 23.2 Å². The highest BCUT2D eigenvalue weighted by molar-refractivity contribution is 6.42. The molecule has 3 aromatic rings. The van der Waals surface area contributed by atoms with E-state index in [4.69, 9.17) is 37.9 Å². The lowest BCUT2D eigenvalue weighted by Crippen LogP contribution is -2.42. The molecule has 1 saturated heterocycles. The number of aromatic nitrogens is 4. The molecule has 0 saturated carbocycles. The van der Waals surface area contributed by atoms with Crippen LogP contribution in [0.25, 0.3) is 11.2 Å². The summed E-state index contributed by atoms with van der Waals surface area (Å²) in [7, 11) is 0.